The smallest absolute Gasteiger partial charge is 0.273 e. The van der Waals surface area contributed by atoms with E-state index in [1.165, 1.54) is 17.8 Å². The summed E-state index contributed by atoms with van der Waals surface area (Å²) in [7, 11) is 0. The standard InChI is InChI=1S/C16H19N3OS/c1-12-7-3-4-8-13(12)17-16-18-14(11-21-16)15(20)19-9-5-2-6-10-19/h3-4,7-8,11H,2,5-6,9-10H2,1H3,(H,17,18). The van der Waals surface area contributed by atoms with Crippen molar-refractivity contribution in [2.75, 3.05) is 18.4 Å². The van der Waals surface area contributed by atoms with E-state index in [4.69, 9.17) is 0 Å². The molecule has 1 N–H and O–H groups in total. The van der Waals surface area contributed by atoms with E-state index in [-0.39, 0.29) is 5.91 Å². The van der Waals surface area contributed by atoms with E-state index in [9.17, 15) is 4.79 Å². The Morgan fingerprint density at radius 1 is 1.24 bits per heavy atom. The van der Waals surface area contributed by atoms with Gasteiger partial charge in [0.1, 0.15) is 5.69 Å². The summed E-state index contributed by atoms with van der Waals surface area (Å²) in [5, 5.41) is 5.90. The maximum atomic E-state index is 12.4. The molecule has 110 valence electrons. The minimum absolute atomic E-state index is 0.0591. The number of para-hydroxylation sites is 1. The molecule has 0 aliphatic carbocycles. The second-order valence-corrected chi connectivity index (χ2v) is 6.19. The molecule has 1 aromatic carbocycles. The van der Waals surface area contributed by atoms with Crippen molar-refractivity contribution in [2.24, 2.45) is 0 Å². The summed E-state index contributed by atoms with van der Waals surface area (Å²) >= 11 is 1.48. The zero-order valence-electron chi connectivity index (χ0n) is 12.1. The SMILES string of the molecule is Cc1ccccc1Nc1nc(C(=O)N2CCCCC2)cs1. The highest BCUT2D eigenvalue weighted by Gasteiger charge is 2.20. The third-order valence-corrected chi connectivity index (χ3v) is 4.51. The molecule has 4 nitrogen and oxygen atoms in total. The first-order chi connectivity index (χ1) is 10.2. The van der Waals surface area contributed by atoms with Crippen molar-refractivity contribution in [1.29, 1.82) is 0 Å². The molecule has 0 unspecified atom stereocenters. The molecule has 3 rings (SSSR count). The number of hydrogen-bond donors (Lipinski definition) is 1. The van der Waals surface area contributed by atoms with Gasteiger partial charge in [0.2, 0.25) is 0 Å². The summed E-state index contributed by atoms with van der Waals surface area (Å²) in [6.45, 7) is 3.77. The minimum atomic E-state index is 0.0591. The Balaban J connectivity index is 1.71. The van der Waals surface area contributed by atoms with Crippen LogP contribution in [-0.4, -0.2) is 28.9 Å². The van der Waals surface area contributed by atoms with Crippen LogP contribution in [0.3, 0.4) is 0 Å². The maximum Gasteiger partial charge on any atom is 0.273 e. The van der Waals surface area contributed by atoms with E-state index in [2.05, 4.69) is 23.3 Å². The van der Waals surface area contributed by atoms with Crippen LogP contribution >= 0.6 is 11.3 Å². The van der Waals surface area contributed by atoms with E-state index in [0.29, 0.717) is 5.69 Å². The number of aromatic nitrogens is 1. The Kier molecular flexibility index (Phi) is 4.20. The van der Waals surface area contributed by atoms with Gasteiger partial charge in [-0.15, -0.1) is 11.3 Å². The average molecular weight is 301 g/mol. The van der Waals surface area contributed by atoms with Crippen LogP contribution < -0.4 is 5.32 Å². The van der Waals surface area contributed by atoms with Crippen LogP contribution in [0.1, 0.15) is 35.3 Å². The first-order valence-corrected chi connectivity index (χ1v) is 8.19. The molecule has 0 atom stereocenters. The third kappa shape index (κ3) is 3.24. The Hall–Kier alpha value is -1.88. The van der Waals surface area contributed by atoms with Crippen LogP contribution in [-0.2, 0) is 0 Å². The highest BCUT2D eigenvalue weighted by Crippen LogP contribution is 2.24. The number of rotatable bonds is 3. The van der Waals surface area contributed by atoms with Gasteiger partial charge in [-0.1, -0.05) is 18.2 Å². The molecule has 1 aliphatic rings. The fourth-order valence-corrected chi connectivity index (χ4v) is 3.21. The van der Waals surface area contributed by atoms with Crippen LogP contribution in [0.15, 0.2) is 29.6 Å². The number of carbonyl (C=O) groups excluding carboxylic acids is 1. The fourth-order valence-electron chi connectivity index (χ4n) is 2.52. The topological polar surface area (TPSA) is 45.2 Å². The van der Waals surface area contributed by atoms with Crippen LogP contribution in [0.2, 0.25) is 0 Å². The lowest BCUT2D eigenvalue weighted by Gasteiger charge is -2.25. The number of hydrogen-bond acceptors (Lipinski definition) is 4. The average Bonchev–Trinajstić information content (AvgIpc) is 2.98. The van der Waals surface area contributed by atoms with Crippen molar-refractivity contribution < 1.29 is 4.79 Å². The molecule has 0 spiro atoms. The molecule has 0 radical (unpaired) electrons. The number of nitrogens with zero attached hydrogens (tertiary/aromatic N) is 2. The van der Waals surface area contributed by atoms with Crippen LogP contribution in [0.5, 0.6) is 0 Å². The van der Waals surface area contributed by atoms with Crippen LogP contribution in [0, 0.1) is 6.92 Å². The third-order valence-electron chi connectivity index (χ3n) is 3.75. The monoisotopic (exact) mass is 301 g/mol. The molecule has 0 bridgehead atoms. The summed E-state index contributed by atoms with van der Waals surface area (Å²) in [6.07, 6.45) is 3.43. The molecule has 1 aliphatic heterocycles. The Bertz CT molecular complexity index is 632. The molecular formula is C16H19N3OS. The number of thiazole rings is 1. The summed E-state index contributed by atoms with van der Waals surface area (Å²) in [5.41, 5.74) is 2.75. The number of amides is 1. The molecule has 5 heteroatoms. The van der Waals surface area contributed by atoms with E-state index >= 15 is 0 Å². The van der Waals surface area contributed by atoms with Gasteiger partial charge >= 0.3 is 0 Å². The van der Waals surface area contributed by atoms with Crippen molar-refractivity contribution in [3.63, 3.8) is 0 Å². The zero-order valence-corrected chi connectivity index (χ0v) is 12.9. The first-order valence-electron chi connectivity index (χ1n) is 7.31. The lowest BCUT2D eigenvalue weighted by atomic mass is 10.1. The highest BCUT2D eigenvalue weighted by atomic mass is 32.1. The lowest BCUT2D eigenvalue weighted by molar-refractivity contribution is 0.0719. The molecule has 1 saturated heterocycles. The van der Waals surface area contributed by atoms with Gasteiger partial charge in [0.25, 0.3) is 5.91 Å². The molecular weight excluding hydrogens is 282 g/mol. The molecule has 1 aromatic heterocycles. The van der Waals surface area contributed by atoms with Crippen molar-refractivity contribution in [3.05, 3.63) is 40.9 Å². The van der Waals surface area contributed by atoms with Crippen molar-refractivity contribution in [3.8, 4) is 0 Å². The highest BCUT2D eigenvalue weighted by molar-refractivity contribution is 7.14. The van der Waals surface area contributed by atoms with Gasteiger partial charge in [-0.3, -0.25) is 4.79 Å². The molecule has 2 heterocycles. The van der Waals surface area contributed by atoms with E-state index < -0.39 is 0 Å². The number of nitrogens with one attached hydrogen (secondary N) is 1. The summed E-state index contributed by atoms with van der Waals surface area (Å²) < 4.78 is 0. The van der Waals surface area contributed by atoms with E-state index in [1.807, 2.05) is 28.5 Å². The van der Waals surface area contributed by atoms with Crippen LogP contribution in [0.25, 0.3) is 0 Å². The normalized spacial score (nSPS) is 15.0. The van der Waals surface area contributed by atoms with Crippen molar-refractivity contribution in [1.82, 2.24) is 9.88 Å². The first kappa shape index (κ1) is 14.1. The Morgan fingerprint density at radius 2 is 2.00 bits per heavy atom. The zero-order chi connectivity index (χ0) is 14.7. The minimum Gasteiger partial charge on any atom is -0.337 e. The quantitative estimate of drug-likeness (QED) is 0.937. The van der Waals surface area contributed by atoms with Gasteiger partial charge in [-0.05, 0) is 37.8 Å². The van der Waals surface area contributed by atoms with E-state index in [0.717, 1.165) is 42.3 Å². The van der Waals surface area contributed by atoms with Gasteiger partial charge < -0.3 is 10.2 Å². The van der Waals surface area contributed by atoms with Gasteiger partial charge in [0.15, 0.2) is 5.13 Å². The summed E-state index contributed by atoms with van der Waals surface area (Å²) in [5.74, 6) is 0.0591. The number of benzene rings is 1. The summed E-state index contributed by atoms with van der Waals surface area (Å²) in [6, 6.07) is 8.06. The fraction of sp³-hybridized carbons (Fsp3) is 0.375. The van der Waals surface area contributed by atoms with Crippen molar-refractivity contribution >= 4 is 28.1 Å². The number of aryl methyl sites for hydroxylation is 1. The van der Waals surface area contributed by atoms with E-state index in [1.54, 1.807) is 0 Å². The predicted molar refractivity (Wildman–Crippen MR) is 86.3 cm³/mol. The predicted octanol–water partition coefficient (Wildman–Crippen LogP) is 3.82. The molecule has 2 aromatic rings. The van der Waals surface area contributed by atoms with Crippen LogP contribution in [0.4, 0.5) is 10.8 Å². The summed E-state index contributed by atoms with van der Waals surface area (Å²) in [4.78, 5) is 18.7. The number of likely N-dealkylation sites (tertiary alicyclic amines) is 1. The number of carbonyl (C=O) groups is 1. The second kappa shape index (κ2) is 6.26. The molecule has 21 heavy (non-hydrogen) atoms. The van der Waals surface area contributed by atoms with Crippen molar-refractivity contribution in [2.45, 2.75) is 26.2 Å². The second-order valence-electron chi connectivity index (χ2n) is 5.33. The lowest BCUT2D eigenvalue weighted by Crippen LogP contribution is -2.35. The maximum absolute atomic E-state index is 12.4. The molecule has 0 saturated carbocycles. The van der Waals surface area contributed by atoms with Gasteiger partial charge in [-0.25, -0.2) is 4.98 Å². The number of piperidine rings is 1. The van der Waals surface area contributed by atoms with Gasteiger partial charge in [0.05, 0.1) is 0 Å². The Labute approximate surface area is 128 Å². The van der Waals surface area contributed by atoms with Gasteiger partial charge in [0, 0.05) is 24.2 Å². The molecule has 1 amide bonds. The van der Waals surface area contributed by atoms with Gasteiger partial charge in [-0.2, -0.15) is 0 Å². The Morgan fingerprint density at radius 3 is 2.76 bits per heavy atom. The largest absolute Gasteiger partial charge is 0.337 e. The number of anilines is 2. The molecule has 1 fully saturated rings.